The Kier molecular flexibility index (Phi) is 2.66. The summed E-state index contributed by atoms with van der Waals surface area (Å²) in [6, 6.07) is 9.81. The maximum atomic E-state index is 5.44. The van der Waals surface area contributed by atoms with Gasteiger partial charge in [-0.05, 0) is 38.1 Å². The van der Waals surface area contributed by atoms with Crippen molar-refractivity contribution in [3.63, 3.8) is 0 Å². The van der Waals surface area contributed by atoms with Gasteiger partial charge in [-0.2, -0.15) is 4.98 Å². The lowest BCUT2D eigenvalue weighted by Gasteiger charge is -2.14. The molecule has 4 aromatic rings. The zero-order chi connectivity index (χ0) is 15.2. The van der Waals surface area contributed by atoms with Crippen molar-refractivity contribution in [2.75, 3.05) is 0 Å². The number of hydrogen-bond donors (Lipinski definition) is 1. The lowest BCUT2D eigenvalue weighted by Crippen LogP contribution is -2.18. The van der Waals surface area contributed by atoms with Crippen molar-refractivity contribution >= 4 is 10.9 Å². The predicted molar refractivity (Wildman–Crippen MR) is 80.2 cm³/mol. The monoisotopic (exact) mass is 294 g/mol. The molecule has 4 rings (SSSR count). The molecule has 6 heteroatoms. The van der Waals surface area contributed by atoms with Gasteiger partial charge >= 0.3 is 0 Å². The van der Waals surface area contributed by atoms with Gasteiger partial charge in [0.2, 0.25) is 11.7 Å². The van der Waals surface area contributed by atoms with Gasteiger partial charge < -0.3 is 14.0 Å². The van der Waals surface area contributed by atoms with E-state index in [-0.39, 0.29) is 0 Å². The summed E-state index contributed by atoms with van der Waals surface area (Å²) in [5.41, 5.74) is 1.46. The zero-order valence-electron chi connectivity index (χ0n) is 12.2. The van der Waals surface area contributed by atoms with E-state index < -0.39 is 5.41 Å². The van der Waals surface area contributed by atoms with Gasteiger partial charge in [-0.3, -0.25) is 0 Å². The van der Waals surface area contributed by atoms with Crippen LogP contribution >= 0.6 is 0 Å². The van der Waals surface area contributed by atoms with E-state index in [0.717, 1.165) is 16.5 Å². The summed E-state index contributed by atoms with van der Waals surface area (Å²) in [6.07, 6.45) is 3.51. The van der Waals surface area contributed by atoms with Gasteiger partial charge in [-0.25, -0.2) is 0 Å². The molecule has 0 amide bonds. The van der Waals surface area contributed by atoms with Crippen LogP contribution in [0, 0.1) is 0 Å². The van der Waals surface area contributed by atoms with Crippen molar-refractivity contribution in [3.8, 4) is 11.4 Å². The second kappa shape index (κ2) is 4.56. The third-order valence-electron chi connectivity index (χ3n) is 3.83. The van der Waals surface area contributed by atoms with Crippen LogP contribution < -0.4 is 0 Å². The number of rotatable bonds is 3. The molecule has 0 aliphatic rings. The lowest BCUT2D eigenvalue weighted by atomic mass is 9.90. The molecule has 0 unspecified atom stereocenters. The molecule has 22 heavy (non-hydrogen) atoms. The van der Waals surface area contributed by atoms with Crippen LogP contribution in [0.1, 0.15) is 25.5 Å². The van der Waals surface area contributed by atoms with Gasteiger partial charge in [0, 0.05) is 28.7 Å². The Labute approximate surface area is 126 Å². The topological polar surface area (TPSA) is 80.7 Å². The van der Waals surface area contributed by atoms with E-state index in [4.69, 9.17) is 9.05 Å². The van der Waals surface area contributed by atoms with E-state index in [1.807, 2.05) is 44.3 Å². The van der Waals surface area contributed by atoms with E-state index in [0.29, 0.717) is 17.5 Å². The molecule has 3 aromatic heterocycles. The summed E-state index contributed by atoms with van der Waals surface area (Å²) in [4.78, 5) is 7.69. The Morgan fingerprint density at radius 2 is 2.00 bits per heavy atom. The molecule has 0 bridgehead atoms. The van der Waals surface area contributed by atoms with Crippen LogP contribution in [0.15, 0.2) is 51.8 Å². The van der Waals surface area contributed by atoms with Gasteiger partial charge in [-0.15, -0.1) is 0 Å². The maximum absolute atomic E-state index is 5.44. The Bertz CT molecular complexity index is 919. The van der Waals surface area contributed by atoms with Crippen LogP contribution in [-0.2, 0) is 5.41 Å². The zero-order valence-corrected chi connectivity index (χ0v) is 12.2. The van der Waals surface area contributed by atoms with E-state index in [1.54, 1.807) is 12.3 Å². The summed E-state index contributed by atoms with van der Waals surface area (Å²) < 4.78 is 10.7. The van der Waals surface area contributed by atoms with Crippen LogP contribution in [0.5, 0.6) is 0 Å². The highest BCUT2D eigenvalue weighted by Gasteiger charge is 2.33. The van der Waals surface area contributed by atoms with Crippen molar-refractivity contribution < 1.29 is 9.05 Å². The predicted octanol–water partition coefficient (Wildman–Crippen LogP) is 3.53. The minimum Gasteiger partial charge on any atom is -0.361 e. The average molecular weight is 294 g/mol. The number of aromatic nitrogens is 4. The van der Waals surface area contributed by atoms with E-state index in [9.17, 15) is 0 Å². The van der Waals surface area contributed by atoms with Crippen LogP contribution in [0.3, 0.4) is 0 Å². The summed E-state index contributed by atoms with van der Waals surface area (Å²) in [7, 11) is 0. The molecule has 0 spiro atoms. The third-order valence-corrected chi connectivity index (χ3v) is 3.83. The van der Waals surface area contributed by atoms with Crippen molar-refractivity contribution in [1.29, 1.82) is 0 Å². The fourth-order valence-corrected chi connectivity index (χ4v) is 2.43. The molecule has 1 aromatic carbocycles. The first-order valence-electron chi connectivity index (χ1n) is 6.97. The summed E-state index contributed by atoms with van der Waals surface area (Å²) in [5.74, 6) is 1.74. The standard InChI is InChI=1S/C16H14N4O2/c1-16(2,13-6-8-18-21-13)15-19-14(20-22-15)11-3-4-12-10(9-11)5-7-17-12/h3-9,17H,1-2H3. The van der Waals surface area contributed by atoms with Crippen molar-refractivity contribution in [2.24, 2.45) is 0 Å². The van der Waals surface area contributed by atoms with Gasteiger partial charge in [0.05, 0.1) is 6.20 Å². The molecule has 0 atom stereocenters. The fraction of sp³-hybridized carbons (Fsp3) is 0.188. The molecule has 110 valence electrons. The third kappa shape index (κ3) is 1.92. The molecular formula is C16H14N4O2. The second-order valence-corrected chi connectivity index (χ2v) is 5.70. The minimum absolute atomic E-state index is 0.494. The molecule has 6 nitrogen and oxygen atoms in total. The summed E-state index contributed by atoms with van der Waals surface area (Å²) >= 11 is 0. The minimum atomic E-state index is -0.528. The molecule has 0 fully saturated rings. The van der Waals surface area contributed by atoms with Crippen LogP contribution in [-0.4, -0.2) is 20.3 Å². The summed E-state index contributed by atoms with van der Waals surface area (Å²) in [5, 5.41) is 8.94. The number of aromatic amines is 1. The Hall–Kier alpha value is -2.89. The highest BCUT2D eigenvalue weighted by molar-refractivity contribution is 5.83. The number of nitrogens with zero attached hydrogens (tertiary/aromatic N) is 3. The van der Waals surface area contributed by atoms with E-state index >= 15 is 0 Å². The first-order chi connectivity index (χ1) is 10.6. The number of nitrogens with one attached hydrogen (secondary N) is 1. The van der Waals surface area contributed by atoms with Gasteiger partial charge in [-0.1, -0.05) is 10.3 Å². The number of benzene rings is 1. The number of hydrogen-bond acceptors (Lipinski definition) is 5. The molecule has 0 aliphatic heterocycles. The highest BCUT2D eigenvalue weighted by Crippen LogP contribution is 2.31. The smallest absolute Gasteiger partial charge is 0.240 e. The Morgan fingerprint density at radius 3 is 2.82 bits per heavy atom. The molecule has 3 heterocycles. The largest absolute Gasteiger partial charge is 0.361 e. The Balaban J connectivity index is 1.74. The van der Waals surface area contributed by atoms with Crippen molar-refractivity contribution in [2.45, 2.75) is 19.3 Å². The molecule has 0 saturated carbocycles. The van der Waals surface area contributed by atoms with E-state index in [2.05, 4.69) is 20.3 Å². The first-order valence-corrected chi connectivity index (χ1v) is 6.97. The van der Waals surface area contributed by atoms with Crippen molar-refractivity contribution in [3.05, 3.63) is 54.4 Å². The number of H-pyrrole nitrogens is 1. The second-order valence-electron chi connectivity index (χ2n) is 5.70. The van der Waals surface area contributed by atoms with Gasteiger partial charge in [0.1, 0.15) is 5.41 Å². The van der Waals surface area contributed by atoms with Gasteiger partial charge in [0.25, 0.3) is 0 Å². The summed E-state index contributed by atoms with van der Waals surface area (Å²) in [6.45, 7) is 3.92. The molecule has 0 radical (unpaired) electrons. The van der Waals surface area contributed by atoms with E-state index in [1.165, 1.54) is 0 Å². The maximum Gasteiger partial charge on any atom is 0.240 e. The van der Waals surface area contributed by atoms with Gasteiger partial charge in [0.15, 0.2) is 5.76 Å². The SMILES string of the molecule is CC(C)(c1ccno1)c1nc(-c2ccc3[nH]ccc3c2)no1. The first kappa shape index (κ1) is 12.8. The normalized spacial score (nSPS) is 12.1. The number of fused-ring (bicyclic) bond motifs is 1. The highest BCUT2D eigenvalue weighted by atomic mass is 16.5. The fourth-order valence-electron chi connectivity index (χ4n) is 2.43. The van der Waals surface area contributed by atoms with Crippen LogP contribution in [0.2, 0.25) is 0 Å². The van der Waals surface area contributed by atoms with Crippen molar-refractivity contribution in [1.82, 2.24) is 20.3 Å². The Morgan fingerprint density at radius 1 is 1.09 bits per heavy atom. The molecule has 1 N–H and O–H groups in total. The average Bonchev–Trinajstić information content (AvgIpc) is 3.26. The molecular weight excluding hydrogens is 280 g/mol. The molecule has 0 aliphatic carbocycles. The lowest BCUT2D eigenvalue weighted by molar-refractivity contribution is 0.279. The quantitative estimate of drug-likeness (QED) is 0.625. The molecule has 0 saturated heterocycles. The van der Waals surface area contributed by atoms with Crippen LogP contribution in [0.25, 0.3) is 22.3 Å². The van der Waals surface area contributed by atoms with Crippen LogP contribution in [0.4, 0.5) is 0 Å².